The molecule has 0 bridgehead atoms. The molecule has 3 N–H and O–H groups in total. The van der Waals surface area contributed by atoms with Crippen molar-refractivity contribution in [2.75, 3.05) is 30.3 Å². The van der Waals surface area contributed by atoms with E-state index in [1.165, 1.54) is 0 Å². The number of nitrogen functional groups attached to an aromatic ring is 1. The predicted octanol–water partition coefficient (Wildman–Crippen LogP) is 1.90. The SMILES string of the molecule is Nc1cc(Cl)c(Cl)cc1N1CCNC(=O)CC1. The second kappa shape index (κ2) is 5.02. The van der Waals surface area contributed by atoms with Gasteiger partial charge in [-0.25, -0.2) is 0 Å². The maximum absolute atomic E-state index is 11.2. The van der Waals surface area contributed by atoms with Gasteiger partial charge in [0.1, 0.15) is 0 Å². The molecule has 1 aliphatic heterocycles. The Hall–Kier alpha value is -1.13. The summed E-state index contributed by atoms with van der Waals surface area (Å²) in [6.07, 6.45) is 0.458. The van der Waals surface area contributed by atoms with Crippen LogP contribution in [-0.4, -0.2) is 25.5 Å². The molecule has 1 heterocycles. The minimum Gasteiger partial charge on any atom is -0.397 e. The second-order valence-corrected chi connectivity index (χ2v) is 4.73. The van der Waals surface area contributed by atoms with Crippen molar-refractivity contribution in [1.82, 2.24) is 5.32 Å². The molecule has 6 heteroatoms. The molecule has 1 amide bonds. The number of carbonyl (C=O) groups excluding carboxylic acids is 1. The summed E-state index contributed by atoms with van der Waals surface area (Å²) in [5.41, 5.74) is 7.32. The van der Waals surface area contributed by atoms with Gasteiger partial charge in [0.2, 0.25) is 5.91 Å². The zero-order valence-electron chi connectivity index (χ0n) is 9.17. The number of halogens is 2. The maximum atomic E-state index is 11.2. The number of hydrogen-bond donors (Lipinski definition) is 2. The molecule has 4 nitrogen and oxygen atoms in total. The smallest absolute Gasteiger partial charge is 0.221 e. The normalized spacial score (nSPS) is 16.6. The molecule has 0 spiro atoms. The second-order valence-electron chi connectivity index (χ2n) is 3.91. The predicted molar refractivity (Wildman–Crippen MR) is 70.7 cm³/mol. The third-order valence-electron chi connectivity index (χ3n) is 2.72. The summed E-state index contributed by atoms with van der Waals surface area (Å²) in [7, 11) is 0. The van der Waals surface area contributed by atoms with Crippen LogP contribution in [-0.2, 0) is 4.79 Å². The van der Waals surface area contributed by atoms with Crippen molar-refractivity contribution in [2.24, 2.45) is 0 Å². The molecule has 1 aromatic rings. The van der Waals surface area contributed by atoms with Gasteiger partial charge in [0, 0.05) is 26.1 Å². The lowest BCUT2D eigenvalue weighted by molar-refractivity contribution is -0.120. The van der Waals surface area contributed by atoms with Gasteiger partial charge in [-0.3, -0.25) is 4.79 Å². The Labute approximate surface area is 110 Å². The Morgan fingerprint density at radius 1 is 1.24 bits per heavy atom. The van der Waals surface area contributed by atoms with E-state index in [4.69, 9.17) is 28.9 Å². The third kappa shape index (κ3) is 2.76. The summed E-state index contributed by atoms with van der Waals surface area (Å²) in [5, 5.41) is 3.72. The number of hydrogen-bond acceptors (Lipinski definition) is 3. The highest BCUT2D eigenvalue weighted by molar-refractivity contribution is 6.42. The average molecular weight is 274 g/mol. The van der Waals surface area contributed by atoms with Gasteiger partial charge in [0.15, 0.2) is 0 Å². The van der Waals surface area contributed by atoms with Crippen LogP contribution in [0.2, 0.25) is 10.0 Å². The first-order valence-electron chi connectivity index (χ1n) is 5.34. The van der Waals surface area contributed by atoms with Crippen molar-refractivity contribution in [2.45, 2.75) is 6.42 Å². The lowest BCUT2D eigenvalue weighted by Gasteiger charge is -2.24. The third-order valence-corrected chi connectivity index (χ3v) is 3.45. The molecule has 2 rings (SSSR count). The average Bonchev–Trinajstić information content (AvgIpc) is 2.49. The molecule has 0 aromatic heterocycles. The molecule has 17 heavy (non-hydrogen) atoms. The van der Waals surface area contributed by atoms with E-state index in [0.717, 1.165) is 5.69 Å². The van der Waals surface area contributed by atoms with Crippen molar-refractivity contribution in [3.63, 3.8) is 0 Å². The first-order valence-corrected chi connectivity index (χ1v) is 6.09. The minimum atomic E-state index is 0.0612. The van der Waals surface area contributed by atoms with Crippen LogP contribution >= 0.6 is 23.2 Å². The number of amides is 1. The Balaban J connectivity index is 2.27. The molecular weight excluding hydrogens is 261 g/mol. The van der Waals surface area contributed by atoms with E-state index in [-0.39, 0.29) is 5.91 Å². The summed E-state index contributed by atoms with van der Waals surface area (Å²) >= 11 is 11.9. The zero-order chi connectivity index (χ0) is 12.4. The largest absolute Gasteiger partial charge is 0.397 e. The van der Waals surface area contributed by atoms with Crippen LogP contribution in [0.3, 0.4) is 0 Å². The number of rotatable bonds is 1. The standard InChI is InChI=1S/C11H13Cl2N3O/c12-7-5-9(14)10(6-8(7)13)16-3-1-11(17)15-2-4-16/h5-6H,1-4,14H2,(H,15,17). The van der Waals surface area contributed by atoms with Crippen molar-refractivity contribution >= 4 is 40.5 Å². The van der Waals surface area contributed by atoms with Crippen molar-refractivity contribution < 1.29 is 4.79 Å². The lowest BCUT2D eigenvalue weighted by Crippen LogP contribution is -2.28. The van der Waals surface area contributed by atoms with Crippen LogP contribution in [0.25, 0.3) is 0 Å². The van der Waals surface area contributed by atoms with Gasteiger partial charge in [-0.05, 0) is 12.1 Å². The Morgan fingerprint density at radius 2 is 1.94 bits per heavy atom. The van der Waals surface area contributed by atoms with Crippen LogP contribution in [0.1, 0.15) is 6.42 Å². The summed E-state index contributed by atoms with van der Waals surface area (Å²) in [6.45, 7) is 1.96. The van der Waals surface area contributed by atoms with E-state index < -0.39 is 0 Å². The Bertz CT molecular complexity index is 451. The fourth-order valence-corrected chi connectivity index (χ4v) is 2.16. The summed E-state index contributed by atoms with van der Waals surface area (Å²) < 4.78 is 0. The van der Waals surface area contributed by atoms with Gasteiger partial charge in [0.25, 0.3) is 0 Å². The van der Waals surface area contributed by atoms with Gasteiger partial charge in [-0.15, -0.1) is 0 Å². The molecule has 1 saturated heterocycles. The highest BCUT2D eigenvalue weighted by Crippen LogP contribution is 2.33. The number of nitrogens with zero attached hydrogens (tertiary/aromatic N) is 1. The van der Waals surface area contributed by atoms with Gasteiger partial charge >= 0.3 is 0 Å². The topological polar surface area (TPSA) is 58.4 Å². The number of nitrogens with one attached hydrogen (secondary N) is 1. The van der Waals surface area contributed by atoms with E-state index >= 15 is 0 Å². The van der Waals surface area contributed by atoms with Gasteiger partial charge in [-0.1, -0.05) is 23.2 Å². The van der Waals surface area contributed by atoms with E-state index in [0.29, 0.717) is 41.8 Å². The fraction of sp³-hybridized carbons (Fsp3) is 0.364. The molecule has 0 saturated carbocycles. The van der Waals surface area contributed by atoms with Crippen LogP contribution in [0.4, 0.5) is 11.4 Å². The minimum absolute atomic E-state index is 0.0612. The molecule has 1 fully saturated rings. The number of benzene rings is 1. The van der Waals surface area contributed by atoms with Crippen LogP contribution in [0.15, 0.2) is 12.1 Å². The summed E-state index contributed by atoms with van der Waals surface area (Å²) in [5.74, 6) is 0.0612. The highest BCUT2D eigenvalue weighted by Gasteiger charge is 2.16. The monoisotopic (exact) mass is 273 g/mol. The van der Waals surface area contributed by atoms with Crippen molar-refractivity contribution in [3.8, 4) is 0 Å². The first kappa shape index (κ1) is 12.3. The van der Waals surface area contributed by atoms with Gasteiger partial charge in [0.05, 0.1) is 21.4 Å². The highest BCUT2D eigenvalue weighted by atomic mass is 35.5. The molecule has 1 aromatic carbocycles. The first-order chi connectivity index (χ1) is 8.08. The van der Waals surface area contributed by atoms with E-state index in [1.807, 2.05) is 4.90 Å². The van der Waals surface area contributed by atoms with Crippen LogP contribution in [0, 0.1) is 0 Å². The Kier molecular flexibility index (Phi) is 3.64. The van der Waals surface area contributed by atoms with E-state index in [1.54, 1.807) is 12.1 Å². The van der Waals surface area contributed by atoms with Crippen LogP contribution < -0.4 is 16.0 Å². The van der Waals surface area contributed by atoms with Gasteiger partial charge in [-0.2, -0.15) is 0 Å². The van der Waals surface area contributed by atoms with Gasteiger partial charge < -0.3 is 16.0 Å². The van der Waals surface area contributed by atoms with Crippen molar-refractivity contribution in [3.05, 3.63) is 22.2 Å². The molecule has 1 aliphatic rings. The van der Waals surface area contributed by atoms with E-state index in [2.05, 4.69) is 5.32 Å². The summed E-state index contributed by atoms with van der Waals surface area (Å²) in [4.78, 5) is 13.3. The van der Waals surface area contributed by atoms with E-state index in [9.17, 15) is 4.79 Å². The summed E-state index contributed by atoms with van der Waals surface area (Å²) in [6, 6.07) is 3.38. The molecule has 0 radical (unpaired) electrons. The lowest BCUT2D eigenvalue weighted by atomic mass is 10.2. The number of carbonyl (C=O) groups is 1. The number of nitrogens with two attached hydrogens (primary N) is 1. The molecular formula is C11H13Cl2N3O. The maximum Gasteiger partial charge on any atom is 0.221 e. The molecule has 92 valence electrons. The Morgan fingerprint density at radius 3 is 2.71 bits per heavy atom. The molecule has 0 aliphatic carbocycles. The fourth-order valence-electron chi connectivity index (χ4n) is 1.83. The molecule has 0 unspecified atom stereocenters. The quantitative estimate of drug-likeness (QED) is 0.769. The van der Waals surface area contributed by atoms with Crippen LogP contribution in [0.5, 0.6) is 0 Å². The zero-order valence-corrected chi connectivity index (χ0v) is 10.7. The van der Waals surface area contributed by atoms with Crippen molar-refractivity contribution in [1.29, 1.82) is 0 Å². The number of anilines is 2. The molecule has 0 atom stereocenters.